The number of benzene rings is 2. The van der Waals surface area contributed by atoms with Gasteiger partial charge in [0.05, 0.1) is 42.6 Å². The predicted octanol–water partition coefficient (Wildman–Crippen LogP) is 2.69. The Morgan fingerprint density at radius 3 is 2.38 bits per heavy atom. The lowest BCUT2D eigenvalue weighted by Crippen LogP contribution is -2.33. The van der Waals surface area contributed by atoms with Gasteiger partial charge in [-0.3, -0.25) is 14.4 Å². The Morgan fingerprint density at radius 2 is 1.72 bits per heavy atom. The predicted molar refractivity (Wildman–Crippen MR) is 119 cm³/mol. The molecule has 0 saturated carbocycles. The molecule has 0 saturated heterocycles. The number of ether oxygens (including phenoxy) is 2. The van der Waals surface area contributed by atoms with Gasteiger partial charge in [-0.1, -0.05) is 23.7 Å². The fourth-order valence-electron chi connectivity index (χ4n) is 2.49. The normalized spacial score (nSPS) is 10.5. The first-order valence-corrected chi connectivity index (χ1v) is 9.51. The first kappa shape index (κ1) is 24.2. The van der Waals surface area contributed by atoms with E-state index in [4.69, 9.17) is 26.3 Å². The SMILES string of the molecule is COc1cc(NC(=O)C(=O)N/N=C(\C)CC(=O)Nc2ccccc2C#N)c(OC)cc1Cl. The van der Waals surface area contributed by atoms with Crippen LogP contribution in [0.5, 0.6) is 11.5 Å². The van der Waals surface area contributed by atoms with E-state index >= 15 is 0 Å². The first-order valence-electron chi connectivity index (χ1n) is 9.14. The Balaban J connectivity index is 1.96. The molecular formula is C21H20ClN5O5. The van der Waals surface area contributed by atoms with Gasteiger partial charge in [-0.05, 0) is 19.1 Å². The molecule has 2 rings (SSSR count). The summed E-state index contributed by atoms with van der Waals surface area (Å²) in [6, 6.07) is 11.3. The molecule has 2 aromatic rings. The van der Waals surface area contributed by atoms with Crippen molar-refractivity contribution in [1.82, 2.24) is 5.43 Å². The van der Waals surface area contributed by atoms with Crippen LogP contribution in [0.15, 0.2) is 41.5 Å². The van der Waals surface area contributed by atoms with Crippen molar-refractivity contribution in [2.24, 2.45) is 5.10 Å². The van der Waals surface area contributed by atoms with Crippen LogP contribution in [0.25, 0.3) is 0 Å². The van der Waals surface area contributed by atoms with Gasteiger partial charge in [0.25, 0.3) is 0 Å². The first-order chi connectivity index (χ1) is 15.3. The number of para-hydroxylation sites is 1. The molecule has 3 N–H and O–H groups in total. The quantitative estimate of drug-likeness (QED) is 0.331. The number of nitriles is 1. The van der Waals surface area contributed by atoms with E-state index in [0.29, 0.717) is 11.3 Å². The molecule has 0 aliphatic carbocycles. The number of halogens is 1. The number of anilines is 2. The van der Waals surface area contributed by atoms with E-state index in [9.17, 15) is 14.4 Å². The summed E-state index contributed by atoms with van der Waals surface area (Å²) in [6.45, 7) is 1.50. The maximum Gasteiger partial charge on any atom is 0.329 e. The lowest BCUT2D eigenvalue weighted by molar-refractivity contribution is -0.136. The number of hydrogen-bond donors (Lipinski definition) is 3. The Morgan fingerprint density at radius 1 is 1.03 bits per heavy atom. The Bertz CT molecular complexity index is 1110. The summed E-state index contributed by atoms with van der Waals surface area (Å²) < 4.78 is 10.2. The number of hydrogen-bond acceptors (Lipinski definition) is 7. The van der Waals surface area contributed by atoms with Crippen molar-refractivity contribution in [3.05, 3.63) is 47.0 Å². The van der Waals surface area contributed by atoms with E-state index in [0.717, 1.165) is 0 Å². The van der Waals surface area contributed by atoms with Gasteiger partial charge >= 0.3 is 11.8 Å². The van der Waals surface area contributed by atoms with Gasteiger partial charge < -0.3 is 20.1 Å². The molecule has 0 aliphatic rings. The smallest absolute Gasteiger partial charge is 0.329 e. The molecule has 0 radical (unpaired) electrons. The van der Waals surface area contributed by atoms with Crippen LogP contribution in [-0.4, -0.2) is 37.7 Å². The molecule has 3 amide bonds. The fraction of sp³-hybridized carbons (Fsp3) is 0.190. The molecule has 0 bridgehead atoms. The van der Waals surface area contributed by atoms with Gasteiger partial charge in [-0.25, -0.2) is 5.43 Å². The molecule has 11 heteroatoms. The number of amides is 3. The summed E-state index contributed by atoms with van der Waals surface area (Å²) in [5.41, 5.74) is 3.17. The maximum atomic E-state index is 12.2. The largest absolute Gasteiger partial charge is 0.495 e. The minimum absolute atomic E-state index is 0.163. The number of nitrogens with one attached hydrogen (secondary N) is 3. The number of carbonyl (C=O) groups is 3. The second kappa shape index (κ2) is 11.3. The van der Waals surface area contributed by atoms with Crippen LogP contribution in [0.4, 0.5) is 11.4 Å². The Labute approximate surface area is 189 Å². The van der Waals surface area contributed by atoms with Crippen molar-refractivity contribution in [1.29, 1.82) is 5.26 Å². The third-order valence-electron chi connectivity index (χ3n) is 4.01. The lowest BCUT2D eigenvalue weighted by atomic mass is 10.2. The summed E-state index contributed by atoms with van der Waals surface area (Å²) in [7, 11) is 2.78. The van der Waals surface area contributed by atoms with Crippen molar-refractivity contribution in [2.45, 2.75) is 13.3 Å². The number of nitrogens with zero attached hydrogens (tertiary/aromatic N) is 2. The van der Waals surface area contributed by atoms with E-state index in [1.54, 1.807) is 24.3 Å². The molecule has 0 aliphatic heterocycles. The Hall–Kier alpha value is -4.10. The highest BCUT2D eigenvalue weighted by Gasteiger charge is 2.18. The summed E-state index contributed by atoms with van der Waals surface area (Å²) in [6.07, 6.45) is -0.163. The van der Waals surface area contributed by atoms with E-state index in [-0.39, 0.29) is 34.3 Å². The average Bonchev–Trinajstić information content (AvgIpc) is 2.78. The third kappa shape index (κ3) is 6.45. The van der Waals surface area contributed by atoms with Gasteiger partial charge in [0.15, 0.2) is 0 Å². The molecule has 0 spiro atoms. The van der Waals surface area contributed by atoms with Crippen LogP contribution in [-0.2, 0) is 14.4 Å². The van der Waals surface area contributed by atoms with Crippen LogP contribution < -0.4 is 25.5 Å². The van der Waals surface area contributed by atoms with Crippen molar-refractivity contribution < 1.29 is 23.9 Å². The standard InChI is InChI=1S/C21H20ClN5O5/c1-12(8-19(28)24-15-7-5-4-6-13(15)11-23)26-27-21(30)20(29)25-16-10-17(31-2)14(22)9-18(16)32-3/h4-7,9-10H,8H2,1-3H3,(H,24,28)(H,25,29)(H,27,30)/b26-12+. The minimum Gasteiger partial charge on any atom is -0.495 e. The van der Waals surface area contributed by atoms with Gasteiger partial charge in [0.2, 0.25) is 5.91 Å². The zero-order valence-corrected chi connectivity index (χ0v) is 18.2. The van der Waals surface area contributed by atoms with Gasteiger partial charge in [0, 0.05) is 17.8 Å². The molecular weight excluding hydrogens is 438 g/mol. The maximum absolute atomic E-state index is 12.2. The van der Waals surface area contributed by atoms with Gasteiger partial charge in [0.1, 0.15) is 17.6 Å². The summed E-state index contributed by atoms with van der Waals surface area (Å²) in [5, 5.41) is 18.1. The van der Waals surface area contributed by atoms with E-state index in [2.05, 4.69) is 21.2 Å². The molecule has 0 heterocycles. The number of rotatable bonds is 7. The summed E-state index contributed by atoms with van der Waals surface area (Å²) in [5.74, 6) is -2.01. The number of methoxy groups -OCH3 is 2. The second-order valence-electron chi connectivity index (χ2n) is 6.31. The third-order valence-corrected chi connectivity index (χ3v) is 4.31. The number of hydrazone groups is 1. The molecule has 0 atom stereocenters. The molecule has 0 aromatic heterocycles. The van der Waals surface area contributed by atoms with E-state index in [1.165, 1.54) is 33.3 Å². The molecule has 0 unspecified atom stereocenters. The Kier molecular flexibility index (Phi) is 8.56. The van der Waals surface area contributed by atoms with Crippen molar-refractivity contribution in [2.75, 3.05) is 24.9 Å². The van der Waals surface area contributed by atoms with E-state index in [1.807, 2.05) is 6.07 Å². The zero-order valence-electron chi connectivity index (χ0n) is 17.5. The van der Waals surface area contributed by atoms with Crippen LogP contribution in [0, 0.1) is 11.3 Å². The van der Waals surface area contributed by atoms with Crippen molar-refractivity contribution in [3.8, 4) is 17.6 Å². The van der Waals surface area contributed by atoms with Crippen LogP contribution in [0.1, 0.15) is 18.9 Å². The van der Waals surface area contributed by atoms with Crippen molar-refractivity contribution >= 4 is 46.4 Å². The number of carbonyl (C=O) groups excluding carboxylic acids is 3. The average molecular weight is 458 g/mol. The van der Waals surface area contributed by atoms with Gasteiger partial charge in [-0.2, -0.15) is 10.4 Å². The topological polar surface area (TPSA) is 142 Å². The van der Waals surface area contributed by atoms with Crippen molar-refractivity contribution in [3.63, 3.8) is 0 Å². The molecule has 32 heavy (non-hydrogen) atoms. The fourth-order valence-corrected chi connectivity index (χ4v) is 2.72. The lowest BCUT2D eigenvalue weighted by Gasteiger charge is -2.12. The molecule has 166 valence electrons. The highest BCUT2D eigenvalue weighted by Crippen LogP contribution is 2.35. The van der Waals surface area contributed by atoms with Crippen LogP contribution >= 0.6 is 11.6 Å². The van der Waals surface area contributed by atoms with Gasteiger partial charge in [-0.15, -0.1) is 0 Å². The monoisotopic (exact) mass is 457 g/mol. The molecule has 0 fully saturated rings. The van der Waals surface area contributed by atoms with Crippen LogP contribution in [0.3, 0.4) is 0 Å². The molecule has 2 aromatic carbocycles. The highest BCUT2D eigenvalue weighted by atomic mass is 35.5. The zero-order chi connectivity index (χ0) is 23.7. The molecule has 10 nitrogen and oxygen atoms in total. The second-order valence-corrected chi connectivity index (χ2v) is 6.72. The summed E-state index contributed by atoms with van der Waals surface area (Å²) >= 11 is 6.01. The minimum atomic E-state index is -1.06. The van der Waals surface area contributed by atoms with E-state index < -0.39 is 17.7 Å². The summed E-state index contributed by atoms with van der Waals surface area (Å²) in [4.78, 5) is 36.4. The van der Waals surface area contributed by atoms with Crippen LogP contribution in [0.2, 0.25) is 5.02 Å². The highest BCUT2D eigenvalue weighted by molar-refractivity contribution is 6.40.